The van der Waals surface area contributed by atoms with Crippen molar-refractivity contribution in [1.29, 1.82) is 0 Å². The summed E-state index contributed by atoms with van der Waals surface area (Å²) in [6.45, 7) is 0.469. The number of phenols is 1. The number of phenolic OH excluding ortho intramolecular Hbond substituents is 1. The number of carbonyl (C=O) groups excluding carboxylic acids is 1. The lowest BCUT2D eigenvalue weighted by atomic mass is 10.2. The topological polar surface area (TPSA) is 49.3 Å². The molecule has 0 heterocycles. The molecule has 2 aromatic carbocycles. The first kappa shape index (κ1) is 16.6. The second kappa shape index (κ2) is 8.06. The van der Waals surface area contributed by atoms with Gasteiger partial charge in [0.05, 0.1) is 5.02 Å². The molecule has 0 radical (unpaired) electrons. The number of amides is 1. The molecule has 3 nitrogen and oxygen atoms in total. The van der Waals surface area contributed by atoms with E-state index in [2.05, 4.69) is 5.32 Å². The van der Waals surface area contributed by atoms with Crippen molar-refractivity contribution in [2.45, 2.75) is 5.75 Å². The van der Waals surface area contributed by atoms with Gasteiger partial charge in [0.1, 0.15) is 11.6 Å². The van der Waals surface area contributed by atoms with Crippen LogP contribution < -0.4 is 5.32 Å². The average Bonchev–Trinajstić information content (AvgIpc) is 2.51. The van der Waals surface area contributed by atoms with E-state index in [4.69, 9.17) is 11.6 Å². The highest BCUT2D eigenvalue weighted by Gasteiger charge is 2.08. The summed E-state index contributed by atoms with van der Waals surface area (Å²) in [6, 6.07) is 10.9. The molecule has 0 aliphatic rings. The average molecular weight is 340 g/mol. The summed E-state index contributed by atoms with van der Waals surface area (Å²) in [4.78, 5) is 11.9. The second-order valence-electron chi connectivity index (χ2n) is 4.57. The van der Waals surface area contributed by atoms with E-state index < -0.39 is 0 Å². The summed E-state index contributed by atoms with van der Waals surface area (Å²) >= 11 is 7.30. The van der Waals surface area contributed by atoms with Gasteiger partial charge < -0.3 is 10.4 Å². The van der Waals surface area contributed by atoms with E-state index in [1.54, 1.807) is 30.0 Å². The van der Waals surface area contributed by atoms with Gasteiger partial charge in [-0.1, -0.05) is 29.8 Å². The van der Waals surface area contributed by atoms with Crippen molar-refractivity contribution in [2.75, 3.05) is 12.3 Å². The van der Waals surface area contributed by atoms with Crippen LogP contribution in [0.5, 0.6) is 5.75 Å². The zero-order valence-electron chi connectivity index (χ0n) is 11.7. The SMILES string of the molecule is O=C(NCCSCc1ccccc1F)c1ccc(O)c(Cl)c1. The number of rotatable bonds is 6. The Balaban J connectivity index is 1.73. The molecule has 0 unspecified atom stereocenters. The maximum absolute atomic E-state index is 13.4. The largest absolute Gasteiger partial charge is 0.506 e. The highest BCUT2D eigenvalue weighted by atomic mass is 35.5. The minimum absolute atomic E-state index is 0.0568. The molecule has 0 saturated heterocycles. The van der Waals surface area contributed by atoms with E-state index in [0.717, 1.165) is 0 Å². The van der Waals surface area contributed by atoms with Crippen LogP contribution in [0.4, 0.5) is 4.39 Å². The molecule has 0 spiro atoms. The molecule has 0 atom stereocenters. The number of aromatic hydroxyl groups is 1. The predicted molar refractivity (Wildman–Crippen MR) is 88.0 cm³/mol. The predicted octanol–water partition coefficient (Wildman–Crippen LogP) is 3.85. The van der Waals surface area contributed by atoms with Crippen molar-refractivity contribution in [3.05, 3.63) is 64.4 Å². The molecule has 2 N–H and O–H groups in total. The van der Waals surface area contributed by atoms with Crippen LogP contribution in [0, 0.1) is 5.82 Å². The Kier molecular flexibility index (Phi) is 6.10. The number of hydrogen-bond acceptors (Lipinski definition) is 3. The molecule has 0 aliphatic carbocycles. The molecule has 0 saturated carbocycles. The maximum Gasteiger partial charge on any atom is 0.251 e. The lowest BCUT2D eigenvalue weighted by Gasteiger charge is -2.07. The Bertz CT molecular complexity index is 666. The van der Waals surface area contributed by atoms with Gasteiger partial charge in [-0.25, -0.2) is 4.39 Å². The van der Waals surface area contributed by atoms with Crippen molar-refractivity contribution in [1.82, 2.24) is 5.32 Å². The van der Waals surface area contributed by atoms with Gasteiger partial charge in [-0.2, -0.15) is 11.8 Å². The molecular formula is C16H15ClFNO2S. The van der Waals surface area contributed by atoms with Crippen molar-refractivity contribution in [3.8, 4) is 5.75 Å². The van der Waals surface area contributed by atoms with Crippen LogP contribution in [0.2, 0.25) is 5.02 Å². The lowest BCUT2D eigenvalue weighted by molar-refractivity contribution is 0.0956. The molecule has 0 aliphatic heterocycles. The summed E-state index contributed by atoms with van der Waals surface area (Å²) in [5.74, 6) is 0.712. The van der Waals surface area contributed by atoms with Gasteiger partial charge in [0, 0.05) is 23.6 Å². The van der Waals surface area contributed by atoms with Gasteiger partial charge in [-0.05, 0) is 29.8 Å². The molecule has 22 heavy (non-hydrogen) atoms. The highest BCUT2D eigenvalue weighted by molar-refractivity contribution is 7.98. The molecule has 6 heteroatoms. The van der Waals surface area contributed by atoms with E-state index in [1.807, 2.05) is 0 Å². The van der Waals surface area contributed by atoms with Crippen LogP contribution in [0.3, 0.4) is 0 Å². The minimum Gasteiger partial charge on any atom is -0.506 e. The van der Waals surface area contributed by atoms with Crippen LogP contribution in [0.25, 0.3) is 0 Å². The summed E-state index contributed by atoms with van der Waals surface area (Å²) < 4.78 is 13.4. The molecule has 2 rings (SSSR count). The Morgan fingerprint density at radius 2 is 2.05 bits per heavy atom. The zero-order chi connectivity index (χ0) is 15.9. The first-order valence-corrected chi connectivity index (χ1v) is 8.19. The van der Waals surface area contributed by atoms with Crippen LogP contribution in [-0.2, 0) is 5.75 Å². The van der Waals surface area contributed by atoms with Crippen molar-refractivity contribution in [3.63, 3.8) is 0 Å². The smallest absolute Gasteiger partial charge is 0.251 e. The normalized spacial score (nSPS) is 10.5. The van der Waals surface area contributed by atoms with E-state index in [9.17, 15) is 14.3 Å². The number of thioether (sulfide) groups is 1. The monoisotopic (exact) mass is 339 g/mol. The quantitative estimate of drug-likeness (QED) is 0.786. The van der Waals surface area contributed by atoms with Gasteiger partial charge in [0.15, 0.2) is 0 Å². The fraction of sp³-hybridized carbons (Fsp3) is 0.188. The number of nitrogens with one attached hydrogen (secondary N) is 1. The Labute approximate surface area is 137 Å². The minimum atomic E-state index is -0.256. The first-order chi connectivity index (χ1) is 10.6. The van der Waals surface area contributed by atoms with E-state index >= 15 is 0 Å². The standard InChI is InChI=1S/C16H15ClFNO2S/c17-13-9-11(5-6-15(13)20)16(21)19-7-8-22-10-12-3-1-2-4-14(12)18/h1-6,9,20H,7-8,10H2,(H,19,21). The third kappa shape index (κ3) is 4.64. The summed E-state index contributed by atoms with van der Waals surface area (Å²) in [5, 5.41) is 12.2. The number of hydrogen-bond donors (Lipinski definition) is 2. The number of benzene rings is 2. The molecule has 116 valence electrons. The van der Waals surface area contributed by atoms with Crippen LogP contribution in [0.15, 0.2) is 42.5 Å². The molecule has 0 fully saturated rings. The lowest BCUT2D eigenvalue weighted by Crippen LogP contribution is -2.25. The van der Waals surface area contributed by atoms with E-state index in [-0.39, 0.29) is 22.5 Å². The Morgan fingerprint density at radius 3 is 2.77 bits per heavy atom. The highest BCUT2D eigenvalue weighted by Crippen LogP contribution is 2.23. The van der Waals surface area contributed by atoms with Crippen LogP contribution in [-0.4, -0.2) is 23.3 Å². The fourth-order valence-corrected chi connectivity index (χ4v) is 2.81. The van der Waals surface area contributed by atoms with Crippen LogP contribution in [0.1, 0.15) is 15.9 Å². The Morgan fingerprint density at radius 1 is 1.27 bits per heavy atom. The van der Waals surface area contributed by atoms with E-state index in [0.29, 0.717) is 29.2 Å². The summed E-state index contributed by atoms with van der Waals surface area (Å²) in [7, 11) is 0. The molecular weight excluding hydrogens is 325 g/mol. The fourth-order valence-electron chi connectivity index (χ4n) is 1.78. The number of carbonyl (C=O) groups is 1. The third-order valence-electron chi connectivity index (χ3n) is 2.96. The zero-order valence-corrected chi connectivity index (χ0v) is 13.3. The molecule has 2 aromatic rings. The van der Waals surface area contributed by atoms with Gasteiger partial charge in [0.25, 0.3) is 5.91 Å². The van der Waals surface area contributed by atoms with Crippen molar-refractivity contribution in [2.24, 2.45) is 0 Å². The Hall–Kier alpha value is -1.72. The second-order valence-corrected chi connectivity index (χ2v) is 6.08. The van der Waals surface area contributed by atoms with Gasteiger partial charge in [-0.3, -0.25) is 4.79 Å². The summed E-state index contributed by atoms with van der Waals surface area (Å²) in [6.07, 6.45) is 0. The van der Waals surface area contributed by atoms with Gasteiger partial charge in [0.2, 0.25) is 0 Å². The molecule has 1 amide bonds. The first-order valence-electron chi connectivity index (χ1n) is 6.66. The van der Waals surface area contributed by atoms with Gasteiger partial charge >= 0.3 is 0 Å². The molecule has 0 bridgehead atoms. The summed E-state index contributed by atoms with van der Waals surface area (Å²) in [5.41, 5.74) is 1.05. The van der Waals surface area contributed by atoms with Crippen molar-refractivity contribution < 1.29 is 14.3 Å². The van der Waals surface area contributed by atoms with Gasteiger partial charge in [-0.15, -0.1) is 0 Å². The van der Waals surface area contributed by atoms with Crippen molar-refractivity contribution >= 4 is 29.3 Å². The maximum atomic E-state index is 13.4. The molecule has 0 aromatic heterocycles. The third-order valence-corrected chi connectivity index (χ3v) is 4.27. The number of halogens is 2. The van der Waals surface area contributed by atoms with Crippen LogP contribution >= 0.6 is 23.4 Å². The van der Waals surface area contributed by atoms with E-state index in [1.165, 1.54) is 24.3 Å².